The predicted octanol–water partition coefficient (Wildman–Crippen LogP) is 2.31. The van der Waals surface area contributed by atoms with Gasteiger partial charge < -0.3 is 10.6 Å². The summed E-state index contributed by atoms with van der Waals surface area (Å²) in [6.45, 7) is 7.00. The summed E-state index contributed by atoms with van der Waals surface area (Å²) in [7, 11) is -3.89. The van der Waals surface area contributed by atoms with E-state index in [0.717, 1.165) is 12.1 Å². The highest BCUT2D eigenvalue weighted by Crippen LogP contribution is 2.21. The summed E-state index contributed by atoms with van der Waals surface area (Å²) >= 11 is 0. The van der Waals surface area contributed by atoms with Crippen molar-refractivity contribution in [2.45, 2.75) is 32.2 Å². The van der Waals surface area contributed by atoms with Crippen molar-refractivity contribution in [3.8, 4) is 0 Å². The van der Waals surface area contributed by atoms with Gasteiger partial charge in [-0.15, -0.1) is 0 Å². The fourth-order valence-corrected chi connectivity index (χ4v) is 3.36. The Bertz CT molecular complexity index is 892. The Morgan fingerprint density at radius 1 is 1.16 bits per heavy atom. The first-order valence-electron chi connectivity index (χ1n) is 7.97. The van der Waals surface area contributed by atoms with Gasteiger partial charge in [0.05, 0.1) is 4.90 Å². The molecule has 6 nitrogen and oxygen atoms in total. The van der Waals surface area contributed by atoms with Crippen LogP contribution in [-0.4, -0.2) is 20.9 Å². The Kier molecular flexibility index (Phi) is 5.94. The standard InChI is InChI=1S/C18H23N3O3S/c1-4-20-11-14-6-5-7-16(9-14)21-18(22)15-8-12(2)13(3)17(10-15)25(19,23)24/h5-10,20H,4,11H2,1-3H3,(H,21,22)(H2,19,23,24). The molecule has 2 rings (SSSR count). The van der Waals surface area contributed by atoms with Crippen LogP contribution in [0.25, 0.3) is 0 Å². The molecule has 134 valence electrons. The SMILES string of the molecule is CCNCc1cccc(NC(=O)c2cc(C)c(C)c(S(N)(=O)=O)c2)c1. The number of nitrogens with one attached hydrogen (secondary N) is 2. The lowest BCUT2D eigenvalue weighted by molar-refractivity contribution is 0.102. The van der Waals surface area contributed by atoms with Crippen LogP contribution in [0.1, 0.15) is 34.0 Å². The summed E-state index contributed by atoms with van der Waals surface area (Å²) < 4.78 is 23.4. The van der Waals surface area contributed by atoms with E-state index < -0.39 is 10.0 Å². The molecule has 0 bridgehead atoms. The van der Waals surface area contributed by atoms with Gasteiger partial charge >= 0.3 is 0 Å². The first-order chi connectivity index (χ1) is 11.7. The summed E-state index contributed by atoms with van der Waals surface area (Å²) in [4.78, 5) is 12.5. The number of sulfonamides is 1. The van der Waals surface area contributed by atoms with Gasteiger partial charge in [0.25, 0.3) is 5.91 Å². The van der Waals surface area contributed by atoms with Crippen LogP contribution in [0.2, 0.25) is 0 Å². The quantitative estimate of drug-likeness (QED) is 0.735. The van der Waals surface area contributed by atoms with E-state index in [-0.39, 0.29) is 16.4 Å². The second-order valence-corrected chi connectivity index (χ2v) is 7.43. The molecule has 0 aliphatic heterocycles. The minimum absolute atomic E-state index is 0.0291. The molecule has 0 aliphatic rings. The zero-order chi connectivity index (χ0) is 18.6. The van der Waals surface area contributed by atoms with Gasteiger partial charge in [-0.05, 0) is 61.3 Å². The lowest BCUT2D eigenvalue weighted by Crippen LogP contribution is -2.18. The number of nitrogens with two attached hydrogens (primary N) is 1. The number of rotatable bonds is 6. The molecule has 4 N–H and O–H groups in total. The zero-order valence-electron chi connectivity index (χ0n) is 14.6. The fraction of sp³-hybridized carbons (Fsp3) is 0.278. The molecular formula is C18H23N3O3S. The molecule has 2 aromatic rings. The maximum Gasteiger partial charge on any atom is 0.255 e. The molecule has 0 aliphatic carbocycles. The predicted molar refractivity (Wildman–Crippen MR) is 99.1 cm³/mol. The fourth-order valence-electron chi connectivity index (χ4n) is 2.49. The number of hydrogen-bond acceptors (Lipinski definition) is 4. The number of carbonyl (C=O) groups excluding carboxylic acids is 1. The molecule has 0 fully saturated rings. The maximum absolute atomic E-state index is 12.5. The Morgan fingerprint density at radius 2 is 1.88 bits per heavy atom. The Labute approximate surface area is 148 Å². The number of carbonyl (C=O) groups is 1. The van der Waals surface area contributed by atoms with Crippen LogP contribution in [0, 0.1) is 13.8 Å². The van der Waals surface area contributed by atoms with E-state index in [0.29, 0.717) is 23.4 Å². The molecule has 0 radical (unpaired) electrons. The topological polar surface area (TPSA) is 101 Å². The number of amides is 1. The van der Waals surface area contributed by atoms with Gasteiger partial charge in [-0.3, -0.25) is 4.79 Å². The van der Waals surface area contributed by atoms with Crippen LogP contribution in [-0.2, 0) is 16.6 Å². The first-order valence-corrected chi connectivity index (χ1v) is 9.52. The second-order valence-electron chi connectivity index (χ2n) is 5.90. The third-order valence-electron chi connectivity index (χ3n) is 3.95. The molecular weight excluding hydrogens is 338 g/mol. The van der Waals surface area contributed by atoms with Crippen molar-refractivity contribution in [1.29, 1.82) is 0 Å². The lowest BCUT2D eigenvalue weighted by Gasteiger charge is -2.12. The normalized spacial score (nSPS) is 11.4. The van der Waals surface area contributed by atoms with E-state index in [2.05, 4.69) is 10.6 Å². The Balaban J connectivity index is 2.29. The summed E-state index contributed by atoms with van der Waals surface area (Å²) in [5, 5.41) is 11.3. The van der Waals surface area contributed by atoms with E-state index in [4.69, 9.17) is 5.14 Å². The molecule has 7 heteroatoms. The summed E-state index contributed by atoms with van der Waals surface area (Å²) in [6.07, 6.45) is 0. The van der Waals surface area contributed by atoms with E-state index >= 15 is 0 Å². The largest absolute Gasteiger partial charge is 0.322 e. The van der Waals surface area contributed by atoms with Gasteiger partial charge in [0, 0.05) is 17.8 Å². The van der Waals surface area contributed by atoms with Gasteiger partial charge in [0.1, 0.15) is 0 Å². The summed E-state index contributed by atoms with van der Waals surface area (Å²) in [6, 6.07) is 10.5. The molecule has 1 amide bonds. The molecule has 0 heterocycles. The summed E-state index contributed by atoms with van der Waals surface area (Å²) in [5.74, 6) is -0.381. The Morgan fingerprint density at radius 3 is 2.52 bits per heavy atom. The minimum Gasteiger partial charge on any atom is -0.322 e. The molecule has 0 saturated carbocycles. The van der Waals surface area contributed by atoms with E-state index in [1.807, 2.05) is 25.1 Å². The van der Waals surface area contributed by atoms with Crippen molar-refractivity contribution in [2.75, 3.05) is 11.9 Å². The van der Waals surface area contributed by atoms with Crippen molar-refractivity contribution in [1.82, 2.24) is 5.32 Å². The molecule has 0 unspecified atom stereocenters. The number of hydrogen-bond donors (Lipinski definition) is 3. The minimum atomic E-state index is -3.89. The maximum atomic E-state index is 12.5. The van der Waals surface area contributed by atoms with Gasteiger partial charge in [-0.25, -0.2) is 13.6 Å². The monoisotopic (exact) mass is 361 g/mol. The third-order valence-corrected chi connectivity index (χ3v) is 4.99. The number of anilines is 1. The van der Waals surface area contributed by atoms with Gasteiger partial charge in [-0.2, -0.15) is 0 Å². The smallest absolute Gasteiger partial charge is 0.255 e. The molecule has 0 saturated heterocycles. The second kappa shape index (κ2) is 7.77. The summed E-state index contributed by atoms with van der Waals surface area (Å²) in [5.41, 5.74) is 3.19. The number of aryl methyl sites for hydroxylation is 1. The van der Waals surface area contributed by atoms with Crippen LogP contribution in [0.5, 0.6) is 0 Å². The molecule has 2 aromatic carbocycles. The lowest BCUT2D eigenvalue weighted by atomic mass is 10.1. The average Bonchev–Trinajstić information content (AvgIpc) is 2.54. The van der Waals surface area contributed by atoms with Gasteiger partial charge in [0.2, 0.25) is 10.0 Å². The molecule has 0 spiro atoms. The third kappa shape index (κ3) is 4.88. The molecule has 0 aromatic heterocycles. The number of primary sulfonamides is 1. The van der Waals surface area contributed by atoms with E-state index in [9.17, 15) is 13.2 Å². The van der Waals surface area contributed by atoms with E-state index in [1.165, 1.54) is 6.07 Å². The number of benzene rings is 2. The van der Waals surface area contributed by atoms with Crippen molar-refractivity contribution in [3.63, 3.8) is 0 Å². The molecule has 0 atom stereocenters. The highest BCUT2D eigenvalue weighted by Gasteiger charge is 2.17. The Hall–Kier alpha value is -2.22. The zero-order valence-corrected chi connectivity index (χ0v) is 15.4. The van der Waals surface area contributed by atoms with Crippen molar-refractivity contribution < 1.29 is 13.2 Å². The first kappa shape index (κ1) is 19.1. The average molecular weight is 361 g/mol. The van der Waals surface area contributed by atoms with Crippen molar-refractivity contribution in [2.24, 2.45) is 5.14 Å². The van der Waals surface area contributed by atoms with Crippen LogP contribution in [0.3, 0.4) is 0 Å². The van der Waals surface area contributed by atoms with Crippen molar-refractivity contribution >= 4 is 21.6 Å². The van der Waals surface area contributed by atoms with Crippen LogP contribution in [0.15, 0.2) is 41.3 Å². The van der Waals surface area contributed by atoms with E-state index in [1.54, 1.807) is 26.0 Å². The van der Waals surface area contributed by atoms with Gasteiger partial charge in [0.15, 0.2) is 0 Å². The molecule has 25 heavy (non-hydrogen) atoms. The van der Waals surface area contributed by atoms with Crippen LogP contribution in [0.4, 0.5) is 5.69 Å². The van der Waals surface area contributed by atoms with Crippen molar-refractivity contribution in [3.05, 3.63) is 58.7 Å². The van der Waals surface area contributed by atoms with Gasteiger partial charge in [-0.1, -0.05) is 19.1 Å². The van der Waals surface area contributed by atoms with Crippen LogP contribution >= 0.6 is 0 Å². The highest BCUT2D eigenvalue weighted by molar-refractivity contribution is 7.89. The van der Waals surface area contributed by atoms with Crippen LogP contribution < -0.4 is 15.8 Å². The highest BCUT2D eigenvalue weighted by atomic mass is 32.2.